The zero-order valence-electron chi connectivity index (χ0n) is 14.9. The topological polar surface area (TPSA) is 40.6 Å². The van der Waals surface area contributed by atoms with Gasteiger partial charge in [-0.2, -0.15) is 0 Å². The Kier molecular flexibility index (Phi) is 5.66. The van der Waals surface area contributed by atoms with Crippen molar-refractivity contribution in [2.75, 3.05) is 13.1 Å². The average Bonchev–Trinajstić information content (AvgIpc) is 3.02. The van der Waals surface area contributed by atoms with Crippen LogP contribution >= 0.6 is 0 Å². The van der Waals surface area contributed by atoms with Crippen molar-refractivity contribution in [3.8, 4) is 0 Å². The van der Waals surface area contributed by atoms with E-state index in [9.17, 15) is 14.0 Å². The summed E-state index contributed by atoms with van der Waals surface area (Å²) < 4.78 is 13.8. The van der Waals surface area contributed by atoms with Crippen LogP contribution in [0.1, 0.15) is 24.5 Å². The van der Waals surface area contributed by atoms with Gasteiger partial charge < -0.3 is 9.80 Å². The number of amides is 2. The SMILES string of the molecule is CCN(Cc1ccccc1)C(=O)C1CC(=O)N(Cc2ccccc2F)C1. The highest BCUT2D eigenvalue weighted by Crippen LogP contribution is 2.23. The van der Waals surface area contributed by atoms with E-state index in [0.717, 1.165) is 5.56 Å². The van der Waals surface area contributed by atoms with Crippen molar-refractivity contribution in [2.45, 2.75) is 26.4 Å². The summed E-state index contributed by atoms with van der Waals surface area (Å²) in [4.78, 5) is 28.5. The van der Waals surface area contributed by atoms with Gasteiger partial charge in [0.1, 0.15) is 5.82 Å². The van der Waals surface area contributed by atoms with Gasteiger partial charge in [0.15, 0.2) is 0 Å². The molecule has 0 spiro atoms. The van der Waals surface area contributed by atoms with Crippen molar-refractivity contribution in [3.05, 3.63) is 71.5 Å². The fourth-order valence-electron chi connectivity index (χ4n) is 3.33. The van der Waals surface area contributed by atoms with E-state index < -0.39 is 0 Å². The Morgan fingerprint density at radius 2 is 1.85 bits per heavy atom. The maximum absolute atomic E-state index is 13.8. The maximum Gasteiger partial charge on any atom is 0.228 e. The van der Waals surface area contributed by atoms with E-state index in [2.05, 4.69) is 0 Å². The molecule has 4 nitrogen and oxygen atoms in total. The maximum atomic E-state index is 13.8. The monoisotopic (exact) mass is 354 g/mol. The lowest BCUT2D eigenvalue weighted by molar-refractivity contribution is -0.136. The van der Waals surface area contributed by atoms with Gasteiger partial charge in [-0.15, -0.1) is 0 Å². The normalized spacial score (nSPS) is 16.8. The summed E-state index contributed by atoms with van der Waals surface area (Å²) in [5.74, 6) is -0.796. The molecule has 26 heavy (non-hydrogen) atoms. The van der Waals surface area contributed by atoms with Crippen LogP contribution in [0.2, 0.25) is 0 Å². The summed E-state index contributed by atoms with van der Waals surface area (Å²) >= 11 is 0. The van der Waals surface area contributed by atoms with Gasteiger partial charge in [0.25, 0.3) is 0 Å². The number of likely N-dealkylation sites (tertiary alicyclic amines) is 1. The van der Waals surface area contributed by atoms with E-state index in [4.69, 9.17) is 0 Å². The summed E-state index contributed by atoms with van der Waals surface area (Å²) in [6.07, 6.45) is 0.193. The molecule has 0 N–H and O–H groups in total. The molecule has 1 saturated heterocycles. The van der Waals surface area contributed by atoms with Crippen molar-refractivity contribution in [1.82, 2.24) is 9.80 Å². The van der Waals surface area contributed by atoms with Crippen molar-refractivity contribution >= 4 is 11.8 Å². The van der Waals surface area contributed by atoms with E-state index in [1.807, 2.05) is 37.3 Å². The molecule has 0 bridgehead atoms. The Hall–Kier alpha value is -2.69. The van der Waals surface area contributed by atoms with Gasteiger partial charge in [-0.25, -0.2) is 4.39 Å². The standard InChI is InChI=1S/C21H23FN2O2/c1-2-23(13-16-8-4-3-5-9-16)21(26)18-12-20(25)24(15-18)14-17-10-6-7-11-19(17)22/h3-11,18H,2,12-15H2,1H3. The quantitative estimate of drug-likeness (QED) is 0.799. The summed E-state index contributed by atoms with van der Waals surface area (Å²) in [6.45, 7) is 3.62. The van der Waals surface area contributed by atoms with Gasteiger partial charge in [-0.1, -0.05) is 48.5 Å². The number of halogens is 1. The molecule has 1 heterocycles. The molecule has 2 amide bonds. The molecule has 2 aromatic carbocycles. The van der Waals surface area contributed by atoms with E-state index in [-0.39, 0.29) is 36.5 Å². The Morgan fingerprint density at radius 3 is 2.54 bits per heavy atom. The summed E-state index contributed by atoms with van der Waals surface area (Å²) in [6, 6.07) is 16.2. The first kappa shape index (κ1) is 18.1. The summed E-state index contributed by atoms with van der Waals surface area (Å²) in [7, 11) is 0. The Bertz CT molecular complexity index is 779. The van der Waals surface area contributed by atoms with Crippen LogP contribution in [0.4, 0.5) is 4.39 Å². The van der Waals surface area contributed by atoms with Crippen molar-refractivity contribution < 1.29 is 14.0 Å². The molecule has 0 aliphatic carbocycles. The van der Waals surface area contributed by atoms with E-state index in [1.165, 1.54) is 6.07 Å². The van der Waals surface area contributed by atoms with Crippen molar-refractivity contribution in [1.29, 1.82) is 0 Å². The summed E-state index contributed by atoms with van der Waals surface area (Å²) in [5, 5.41) is 0. The molecule has 1 aliphatic heterocycles. The largest absolute Gasteiger partial charge is 0.338 e. The van der Waals surface area contributed by atoms with E-state index in [1.54, 1.807) is 28.0 Å². The minimum absolute atomic E-state index is 0.0132. The lowest BCUT2D eigenvalue weighted by Gasteiger charge is -2.24. The van der Waals surface area contributed by atoms with Crippen LogP contribution in [0.5, 0.6) is 0 Å². The second kappa shape index (κ2) is 8.13. The first-order valence-corrected chi connectivity index (χ1v) is 8.92. The average molecular weight is 354 g/mol. The highest BCUT2D eigenvalue weighted by Gasteiger charge is 2.36. The van der Waals surface area contributed by atoms with Crippen LogP contribution in [0.25, 0.3) is 0 Å². The minimum atomic E-state index is -0.363. The Balaban J connectivity index is 1.65. The number of rotatable bonds is 6. The van der Waals surface area contributed by atoms with Crippen LogP contribution in [-0.2, 0) is 22.7 Å². The molecule has 0 aromatic heterocycles. The van der Waals surface area contributed by atoms with Crippen LogP contribution in [0.15, 0.2) is 54.6 Å². The number of benzene rings is 2. The van der Waals surface area contributed by atoms with Crippen LogP contribution in [0, 0.1) is 11.7 Å². The van der Waals surface area contributed by atoms with E-state index in [0.29, 0.717) is 25.2 Å². The zero-order chi connectivity index (χ0) is 18.5. The first-order chi connectivity index (χ1) is 12.6. The third kappa shape index (κ3) is 4.10. The lowest BCUT2D eigenvalue weighted by Crippen LogP contribution is -2.36. The summed E-state index contributed by atoms with van der Waals surface area (Å²) in [5.41, 5.74) is 1.54. The number of carbonyl (C=O) groups excluding carboxylic acids is 2. The lowest BCUT2D eigenvalue weighted by atomic mass is 10.1. The molecule has 136 valence electrons. The van der Waals surface area contributed by atoms with Gasteiger partial charge in [0, 0.05) is 38.2 Å². The fourth-order valence-corrected chi connectivity index (χ4v) is 3.33. The Morgan fingerprint density at radius 1 is 1.15 bits per heavy atom. The van der Waals surface area contributed by atoms with Gasteiger partial charge in [0.05, 0.1) is 5.92 Å². The van der Waals surface area contributed by atoms with Crippen LogP contribution in [0.3, 0.4) is 0 Å². The number of hydrogen-bond acceptors (Lipinski definition) is 2. The van der Waals surface area contributed by atoms with Gasteiger partial charge in [0.2, 0.25) is 11.8 Å². The predicted molar refractivity (Wildman–Crippen MR) is 97.5 cm³/mol. The number of hydrogen-bond donors (Lipinski definition) is 0. The third-order valence-electron chi connectivity index (χ3n) is 4.79. The third-order valence-corrected chi connectivity index (χ3v) is 4.79. The molecular formula is C21H23FN2O2. The van der Waals surface area contributed by atoms with Gasteiger partial charge >= 0.3 is 0 Å². The molecule has 5 heteroatoms. The minimum Gasteiger partial charge on any atom is -0.338 e. The molecule has 1 fully saturated rings. The van der Waals surface area contributed by atoms with Gasteiger partial charge in [-0.3, -0.25) is 9.59 Å². The molecule has 1 atom stereocenters. The fraction of sp³-hybridized carbons (Fsp3) is 0.333. The first-order valence-electron chi connectivity index (χ1n) is 8.92. The Labute approximate surface area is 153 Å². The second-order valence-electron chi connectivity index (χ2n) is 6.60. The second-order valence-corrected chi connectivity index (χ2v) is 6.60. The molecule has 2 aromatic rings. The molecule has 3 rings (SSSR count). The number of carbonyl (C=O) groups is 2. The molecule has 1 aliphatic rings. The predicted octanol–water partition coefficient (Wildman–Crippen LogP) is 3.22. The highest BCUT2D eigenvalue weighted by molar-refractivity contribution is 5.89. The molecule has 0 radical (unpaired) electrons. The van der Waals surface area contributed by atoms with Crippen molar-refractivity contribution in [3.63, 3.8) is 0 Å². The smallest absolute Gasteiger partial charge is 0.228 e. The molecule has 1 unspecified atom stereocenters. The zero-order valence-corrected chi connectivity index (χ0v) is 14.9. The number of nitrogens with zero attached hydrogens (tertiary/aromatic N) is 2. The molecular weight excluding hydrogens is 331 g/mol. The van der Waals surface area contributed by atoms with E-state index >= 15 is 0 Å². The highest BCUT2D eigenvalue weighted by atomic mass is 19.1. The van der Waals surface area contributed by atoms with Gasteiger partial charge in [-0.05, 0) is 18.6 Å². The van der Waals surface area contributed by atoms with Crippen LogP contribution in [-0.4, -0.2) is 34.7 Å². The van der Waals surface area contributed by atoms with Crippen LogP contribution < -0.4 is 0 Å². The molecule has 0 saturated carbocycles. The van der Waals surface area contributed by atoms with Crippen molar-refractivity contribution in [2.24, 2.45) is 5.92 Å².